The zero-order valence-corrected chi connectivity index (χ0v) is 11.6. The number of hydrogen-bond donors (Lipinski definition) is 1. The molecule has 98 valence electrons. The Balaban J connectivity index is 3.14. The van der Waals surface area contributed by atoms with E-state index in [1.807, 2.05) is 0 Å². The maximum absolute atomic E-state index is 11.2. The van der Waals surface area contributed by atoms with Crippen molar-refractivity contribution in [2.24, 2.45) is 5.92 Å². The highest BCUT2D eigenvalue weighted by atomic mass is 31.1. The molecule has 0 saturated heterocycles. The summed E-state index contributed by atoms with van der Waals surface area (Å²) in [6, 6.07) is 6.73. The molecule has 5 heteroatoms. The second-order valence-corrected chi connectivity index (χ2v) is 6.34. The Labute approximate surface area is 107 Å². The predicted octanol–water partition coefficient (Wildman–Crippen LogP) is 3.36. The van der Waals surface area contributed by atoms with Crippen LogP contribution in [-0.4, -0.2) is 11.1 Å². The molecule has 0 bridgehead atoms. The average Bonchev–Trinajstić information content (AvgIpc) is 2.27. The second-order valence-electron chi connectivity index (χ2n) is 4.93. The normalized spacial score (nSPS) is 14.2. The van der Waals surface area contributed by atoms with Crippen molar-refractivity contribution in [3.8, 4) is 0 Å². The molecular weight excluding hydrogens is 251 g/mol. The van der Waals surface area contributed by atoms with Crippen molar-refractivity contribution >= 4 is 13.6 Å². The van der Waals surface area contributed by atoms with Gasteiger partial charge in [0.25, 0.3) is 0 Å². The van der Waals surface area contributed by atoms with Crippen molar-refractivity contribution in [3.63, 3.8) is 0 Å². The lowest BCUT2D eigenvalue weighted by atomic mass is 9.96. The van der Waals surface area contributed by atoms with Crippen molar-refractivity contribution < 1.29 is 19.0 Å². The Hall–Kier alpha value is -1.41. The molecule has 0 amide bonds. The number of carboxylic acids is 1. The molecule has 1 N–H and O–H groups in total. The van der Waals surface area contributed by atoms with Crippen molar-refractivity contribution in [2.75, 3.05) is 0 Å². The van der Waals surface area contributed by atoms with Gasteiger partial charge in [-0.25, -0.2) is 9.13 Å². The number of aliphatic carboxylic acids is 1. The van der Waals surface area contributed by atoms with Crippen LogP contribution in [0.4, 0.5) is 0 Å². The SMILES string of the molecule is CC(C)Cc1ccc(C(C)(C(=O)O)P(=O)=O)cc1. The van der Waals surface area contributed by atoms with Crippen LogP contribution in [0.5, 0.6) is 0 Å². The third kappa shape index (κ3) is 2.88. The summed E-state index contributed by atoms with van der Waals surface area (Å²) in [4.78, 5) is 11.1. The third-order valence-corrected chi connectivity index (χ3v) is 4.12. The predicted molar refractivity (Wildman–Crippen MR) is 68.3 cm³/mol. The fourth-order valence-electron chi connectivity index (χ4n) is 1.74. The van der Waals surface area contributed by atoms with Gasteiger partial charge in [-0.1, -0.05) is 38.1 Å². The van der Waals surface area contributed by atoms with Crippen LogP contribution >= 0.6 is 7.68 Å². The highest BCUT2D eigenvalue weighted by Crippen LogP contribution is 2.39. The van der Waals surface area contributed by atoms with Crippen LogP contribution in [0.15, 0.2) is 24.3 Å². The molecule has 1 unspecified atom stereocenters. The Morgan fingerprint density at radius 2 is 1.78 bits per heavy atom. The summed E-state index contributed by atoms with van der Waals surface area (Å²) in [7, 11) is -3.09. The molecule has 1 aromatic carbocycles. The average molecular weight is 268 g/mol. The van der Waals surface area contributed by atoms with Gasteiger partial charge in [-0.15, -0.1) is 0 Å². The Morgan fingerprint density at radius 3 is 2.11 bits per heavy atom. The number of hydrogen-bond acceptors (Lipinski definition) is 3. The molecule has 0 aromatic heterocycles. The lowest BCUT2D eigenvalue weighted by Gasteiger charge is -2.17. The van der Waals surface area contributed by atoms with Crippen LogP contribution in [0.3, 0.4) is 0 Å². The Morgan fingerprint density at radius 1 is 1.28 bits per heavy atom. The fraction of sp³-hybridized carbons (Fsp3) is 0.462. The summed E-state index contributed by atoms with van der Waals surface area (Å²) < 4.78 is 22.4. The molecule has 1 aromatic rings. The largest absolute Gasteiger partial charge is 0.480 e. The Bertz CT molecular complexity index is 494. The smallest absolute Gasteiger partial charge is 0.337 e. The monoisotopic (exact) mass is 268 g/mol. The molecule has 0 heterocycles. The van der Waals surface area contributed by atoms with E-state index in [0.717, 1.165) is 12.0 Å². The summed E-state index contributed by atoms with van der Waals surface area (Å²) in [6.07, 6.45) is 0.883. The van der Waals surface area contributed by atoms with Gasteiger partial charge in [-0.3, -0.25) is 4.79 Å². The number of carboxylic acid groups (broad SMARTS) is 1. The van der Waals surface area contributed by atoms with Crippen molar-refractivity contribution in [2.45, 2.75) is 32.3 Å². The minimum absolute atomic E-state index is 0.290. The van der Waals surface area contributed by atoms with Gasteiger partial charge in [0.1, 0.15) is 0 Å². The maximum atomic E-state index is 11.2. The highest BCUT2D eigenvalue weighted by Gasteiger charge is 2.41. The van der Waals surface area contributed by atoms with Crippen LogP contribution in [-0.2, 0) is 25.5 Å². The molecular formula is C13H17O4P. The van der Waals surface area contributed by atoms with Gasteiger partial charge in [0.15, 0.2) is 5.16 Å². The molecule has 1 rings (SSSR count). The van der Waals surface area contributed by atoms with Crippen LogP contribution in [0.2, 0.25) is 0 Å². The van der Waals surface area contributed by atoms with Gasteiger partial charge in [-0.2, -0.15) is 0 Å². The molecule has 0 fully saturated rings. The zero-order valence-electron chi connectivity index (χ0n) is 10.7. The van der Waals surface area contributed by atoms with E-state index in [2.05, 4.69) is 13.8 Å². The summed E-state index contributed by atoms with van der Waals surface area (Å²) in [5, 5.41) is 7.23. The van der Waals surface area contributed by atoms with E-state index in [1.54, 1.807) is 24.3 Å². The first-order valence-corrected chi connectivity index (χ1v) is 6.93. The van der Waals surface area contributed by atoms with E-state index in [0.29, 0.717) is 11.5 Å². The molecule has 1 atom stereocenters. The van der Waals surface area contributed by atoms with Crippen LogP contribution in [0.25, 0.3) is 0 Å². The van der Waals surface area contributed by atoms with Crippen molar-refractivity contribution in [1.29, 1.82) is 0 Å². The summed E-state index contributed by atoms with van der Waals surface area (Å²) in [5.74, 6) is -0.854. The zero-order chi connectivity index (χ0) is 13.9. The quantitative estimate of drug-likeness (QED) is 0.831. The standard InChI is InChI=1S/C13H17O4P/c1-9(2)8-10-4-6-11(7-5-10)13(3,12(14)15)18(16)17/h4-7,9H,8H2,1-3H3,(H,14,15). The first-order valence-electron chi connectivity index (χ1n) is 5.75. The van der Waals surface area contributed by atoms with Gasteiger partial charge in [-0.05, 0) is 30.4 Å². The lowest BCUT2D eigenvalue weighted by Crippen LogP contribution is -2.26. The molecule has 0 aliphatic carbocycles. The number of carbonyl (C=O) groups is 1. The number of rotatable bonds is 5. The van der Waals surface area contributed by atoms with E-state index in [9.17, 15) is 13.9 Å². The van der Waals surface area contributed by atoms with E-state index in [-0.39, 0.29) is 0 Å². The van der Waals surface area contributed by atoms with Gasteiger partial charge >= 0.3 is 13.6 Å². The van der Waals surface area contributed by atoms with Crippen LogP contribution in [0.1, 0.15) is 31.9 Å². The third-order valence-electron chi connectivity index (χ3n) is 2.94. The fourth-order valence-corrected chi connectivity index (χ4v) is 2.26. The summed E-state index contributed by atoms with van der Waals surface area (Å²) in [5.41, 5.74) is 1.36. The first-order chi connectivity index (χ1) is 8.28. The van der Waals surface area contributed by atoms with Crippen LogP contribution in [0, 0.1) is 5.92 Å². The molecule has 0 aliphatic heterocycles. The Kier molecular flexibility index (Phi) is 4.47. The highest BCUT2D eigenvalue weighted by molar-refractivity contribution is 7.34. The van der Waals surface area contributed by atoms with Crippen molar-refractivity contribution in [1.82, 2.24) is 0 Å². The van der Waals surface area contributed by atoms with Gasteiger partial charge in [0.05, 0.1) is 0 Å². The summed E-state index contributed by atoms with van der Waals surface area (Å²) >= 11 is 0. The maximum Gasteiger partial charge on any atom is 0.337 e. The summed E-state index contributed by atoms with van der Waals surface area (Å²) in [6.45, 7) is 5.38. The van der Waals surface area contributed by atoms with E-state index in [1.165, 1.54) is 6.92 Å². The van der Waals surface area contributed by atoms with E-state index in [4.69, 9.17) is 5.11 Å². The minimum atomic E-state index is -3.09. The number of benzene rings is 1. The van der Waals surface area contributed by atoms with Crippen LogP contribution < -0.4 is 0 Å². The van der Waals surface area contributed by atoms with E-state index >= 15 is 0 Å². The minimum Gasteiger partial charge on any atom is -0.480 e. The molecule has 0 aliphatic rings. The van der Waals surface area contributed by atoms with Gasteiger partial charge < -0.3 is 5.11 Å². The molecule has 18 heavy (non-hydrogen) atoms. The second kappa shape index (κ2) is 5.49. The topological polar surface area (TPSA) is 71.4 Å². The van der Waals surface area contributed by atoms with Gasteiger partial charge in [0, 0.05) is 0 Å². The van der Waals surface area contributed by atoms with E-state index < -0.39 is 18.8 Å². The molecule has 0 spiro atoms. The van der Waals surface area contributed by atoms with Crippen molar-refractivity contribution in [3.05, 3.63) is 35.4 Å². The molecule has 0 radical (unpaired) electrons. The van der Waals surface area contributed by atoms with Gasteiger partial charge in [0.2, 0.25) is 0 Å². The first kappa shape index (κ1) is 14.7. The molecule has 4 nitrogen and oxygen atoms in total. The molecule has 0 saturated carbocycles. The lowest BCUT2D eigenvalue weighted by molar-refractivity contribution is -0.139.